The Labute approximate surface area is 62.1 Å². The van der Waals surface area contributed by atoms with Crippen LogP contribution < -0.4 is 5.32 Å². The van der Waals surface area contributed by atoms with E-state index in [-0.39, 0.29) is 0 Å². The molecule has 0 unspecified atom stereocenters. The van der Waals surface area contributed by atoms with E-state index in [9.17, 15) is 0 Å². The van der Waals surface area contributed by atoms with Gasteiger partial charge < -0.3 is 5.32 Å². The molecule has 1 nitrogen and oxygen atoms in total. The van der Waals surface area contributed by atoms with E-state index in [1.165, 1.54) is 6.42 Å². The molecule has 0 fully saturated rings. The van der Waals surface area contributed by atoms with Crippen molar-refractivity contribution in [2.24, 2.45) is 0 Å². The molecule has 1 N–H and O–H groups in total. The average molecular weight is 148 g/mol. The topological polar surface area (TPSA) is 12.0 Å². The Kier molecular flexibility index (Phi) is 7.98. The Morgan fingerprint density at radius 1 is 1.44 bits per heavy atom. The molecule has 9 heavy (non-hydrogen) atoms. The molecule has 2 heteroatoms. The number of nitrogens with one attached hydrogen (secondary N) is 1. The third-order valence-electron chi connectivity index (χ3n) is 1.00. The Morgan fingerprint density at radius 3 is 2.78 bits per heavy atom. The molecule has 0 aromatic rings. The molecule has 0 aromatic carbocycles. The van der Waals surface area contributed by atoms with E-state index in [0.717, 1.165) is 19.5 Å². The first-order chi connectivity index (χ1) is 4.41. The lowest BCUT2D eigenvalue weighted by Gasteiger charge is -1.96. The van der Waals surface area contributed by atoms with Gasteiger partial charge in [0, 0.05) is 5.54 Å². The van der Waals surface area contributed by atoms with Crippen molar-refractivity contribution in [3.63, 3.8) is 0 Å². The Balaban J connectivity index is 2.75. The molecule has 0 heterocycles. The summed E-state index contributed by atoms with van der Waals surface area (Å²) in [6, 6.07) is 0. The summed E-state index contributed by atoms with van der Waals surface area (Å²) in [5.74, 6) is 0. The van der Waals surface area contributed by atoms with Crippen LogP contribution in [0.15, 0.2) is 11.6 Å². The van der Waals surface area contributed by atoms with Crippen LogP contribution in [0.1, 0.15) is 19.8 Å². The van der Waals surface area contributed by atoms with Gasteiger partial charge in [-0.25, -0.2) is 0 Å². The minimum atomic E-state index is 1.03. The summed E-state index contributed by atoms with van der Waals surface area (Å²) in [6.07, 6.45) is 4.18. The van der Waals surface area contributed by atoms with Gasteiger partial charge >= 0.3 is 0 Å². The molecule has 0 amide bonds. The van der Waals surface area contributed by atoms with Crippen LogP contribution in [-0.4, -0.2) is 13.1 Å². The summed E-state index contributed by atoms with van der Waals surface area (Å²) in [6.45, 7) is 4.30. The first-order valence-electron chi connectivity index (χ1n) is 3.37. The fourth-order valence-electron chi connectivity index (χ4n) is 0.550. The van der Waals surface area contributed by atoms with Gasteiger partial charge in [0.2, 0.25) is 0 Å². The van der Waals surface area contributed by atoms with E-state index < -0.39 is 0 Å². The zero-order valence-electron chi connectivity index (χ0n) is 5.86. The molecule has 0 aromatic heterocycles. The molecule has 0 aliphatic carbocycles. The second-order valence-electron chi connectivity index (χ2n) is 1.90. The number of rotatable bonds is 5. The third kappa shape index (κ3) is 7.99. The lowest BCUT2D eigenvalue weighted by atomic mass is 10.4. The van der Waals surface area contributed by atoms with Gasteiger partial charge in [-0.3, -0.25) is 0 Å². The highest BCUT2D eigenvalue weighted by Gasteiger charge is 1.79. The van der Waals surface area contributed by atoms with Gasteiger partial charge in [0.15, 0.2) is 0 Å². The summed E-state index contributed by atoms with van der Waals surface area (Å²) >= 11 is 5.31. The van der Waals surface area contributed by atoms with E-state index >= 15 is 0 Å². The molecule has 0 rings (SSSR count). The lowest BCUT2D eigenvalue weighted by Crippen LogP contribution is -2.14. The van der Waals surface area contributed by atoms with Crippen molar-refractivity contribution in [2.45, 2.75) is 19.8 Å². The van der Waals surface area contributed by atoms with E-state index in [1.807, 2.05) is 6.08 Å². The Morgan fingerprint density at radius 2 is 2.22 bits per heavy atom. The SMILES string of the molecule is CCCNCC/C=C/Cl. The molecule has 0 spiro atoms. The van der Waals surface area contributed by atoms with Crippen LogP contribution in [0.5, 0.6) is 0 Å². The average Bonchev–Trinajstić information content (AvgIpc) is 1.89. The van der Waals surface area contributed by atoms with Crippen LogP contribution in [0, 0.1) is 0 Å². The zero-order chi connectivity index (χ0) is 6.95. The van der Waals surface area contributed by atoms with Crippen molar-refractivity contribution < 1.29 is 0 Å². The van der Waals surface area contributed by atoms with Crippen molar-refractivity contribution in [1.29, 1.82) is 0 Å². The second-order valence-corrected chi connectivity index (χ2v) is 2.15. The van der Waals surface area contributed by atoms with Crippen molar-refractivity contribution in [3.05, 3.63) is 11.6 Å². The second kappa shape index (κ2) is 7.99. The monoisotopic (exact) mass is 147 g/mol. The highest BCUT2D eigenvalue weighted by Crippen LogP contribution is 1.83. The van der Waals surface area contributed by atoms with Gasteiger partial charge in [0.25, 0.3) is 0 Å². The van der Waals surface area contributed by atoms with Crippen molar-refractivity contribution in [2.75, 3.05) is 13.1 Å². The summed E-state index contributed by atoms with van der Waals surface area (Å²) in [5, 5.41) is 3.26. The molecular formula is C7H14ClN. The molecule has 0 radical (unpaired) electrons. The van der Waals surface area contributed by atoms with Gasteiger partial charge in [0.1, 0.15) is 0 Å². The highest BCUT2D eigenvalue weighted by molar-refractivity contribution is 6.25. The summed E-state index contributed by atoms with van der Waals surface area (Å²) in [4.78, 5) is 0. The molecule has 54 valence electrons. The van der Waals surface area contributed by atoms with Gasteiger partial charge in [-0.05, 0) is 25.9 Å². The van der Waals surface area contributed by atoms with Crippen LogP contribution in [0.2, 0.25) is 0 Å². The molecule has 0 saturated heterocycles. The molecular weight excluding hydrogens is 134 g/mol. The predicted molar refractivity (Wildman–Crippen MR) is 42.8 cm³/mol. The van der Waals surface area contributed by atoms with Gasteiger partial charge in [-0.15, -0.1) is 0 Å². The van der Waals surface area contributed by atoms with E-state index in [0.29, 0.717) is 0 Å². The maximum atomic E-state index is 5.31. The maximum absolute atomic E-state index is 5.31. The summed E-state index contributed by atoms with van der Waals surface area (Å²) in [7, 11) is 0. The molecule has 0 aliphatic rings. The largest absolute Gasteiger partial charge is 0.316 e. The molecule has 0 bridgehead atoms. The highest BCUT2D eigenvalue weighted by atomic mass is 35.5. The first kappa shape index (κ1) is 8.99. The Hall–Kier alpha value is -0.0100. The third-order valence-corrected chi connectivity index (χ3v) is 1.18. The van der Waals surface area contributed by atoms with E-state index in [1.54, 1.807) is 5.54 Å². The van der Waals surface area contributed by atoms with Crippen LogP contribution in [-0.2, 0) is 0 Å². The van der Waals surface area contributed by atoms with E-state index in [4.69, 9.17) is 11.6 Å². The fourth-order valence-corrected chi connectivity index (χ4v) is 0.676. The zero-order valence-corrected chi connectivity index (χ0v) is 6.62. The van der Waals surface area contributed by atoms with Crippen LogP contribution in [0.4, 0.5) is 0 Å². The first-order valence-corrected chi connectivity index (χ1v) is 3.81. The Bertz CT molecular complexity index is 71.3. The van der Waals surface area contributed by atoms with Crippen LogP contribution >= 0.6 is 11.6 Å². The smallest absolute Gasteiger partial charge is 0.000293 e. The number of hydrogen-bond donors (Lipinski definition) is 1. The fraction of sp³-hybridized carbons (Fsp3) is 0.714. The normalized spacial score (nSPS) is 10.9. The molecule has 0 atom stereocenters. The van der Waals surface area contributed by atoms with E-state index in [2.05, 4.69) is 12.2 Å². The molecule has 0 saturated carbocycles. The van der Waals surface area contributed by atoms with Crippen molar-refractivity contribution >= 4 is 11.6 Å². The lowest BCUT2D eigenvalue weighted by molar-refractivity contribution is 0.678. The number of hydrogen-bond acceptors (Lipinski definition) is 1. The minimum Gasteiger partial charge on any atom is -0.316 e. The van der Waals surface area contributed by atoms with Gasteiger partial charge in [-0.1, -0.05) is 24.6 Å². The van der Waals surface area contributed by atoms with Gasteiger partial charge in [-0.2, -0.15) is 0 Å². The standard InChI is InChI=1S/C7H14ClN/c1-2-6-9-7-4-3-5-8/h3,5,9H,2,4,6-7H2,1H3/b5-3+. The summed E-state index contributed by atoms with van der Waals surface area (Å²) < 4.78 is 0. The molecule has 0 aliphatic heterocycles. The van der Waals surface area contributed by atoms with Crippen LogP contribution in [0.3, 0.4) is 0 Å². The maximum Gasteiger partial charge on any atom is 0.000293 e. The predicted octanol–water partition coefficient (Wildman–Crippen LogP) is 2.13. The van der Waals surface area contributed by atoms with Crippen LogP contribution in [0.25, 0.3) is 0 Å². The number of halogens is 1. The summed E-state index contributed by atoms with van der Waals surface area (Å²) in [5.41, 5.74) is 1.56. The minimum absolute atomic E-state index is 1.03. The quantitative estimate of drug-likeness (QED) is 0.588. The van der Waals surface area contributed by atoms with Crippen molar-refractivity contribution in [1.82, 2.24) is 5.32 Å². The van der Waals surface area contributed by atoms with Crippen molar-refractivity contribution in [3.8, 4) is 0 Å². The van der Waals surface area contributed by atoms with Gasteiger partial charge in [0.05, 0.1) is 0 Å².